The molecule has 0 saturated carbocycles. The van der Waals surface area contributed by atoms with Crippen LogP contribution < -0.4 is 0 Å². The van der Waals surface area contributed by atoms with Crippen LogP contribution in [-0.4, -0.2) is 11.6 Å². The van der Waals surface area contributed by atoms with E-state index < -0.39 is 0 Å². The number of hydrogen-bond donors (Lipinski definition) is 0. The lowest BCUT2D eigenvalue weighted by Gasteiger charge is -2.19. The normalized spacial score (nSPS) is 13.2. The van der Waals surface area contributed by atoms with E-state index in [2.05, 4.69) is 0 Å². The number of halogens is 1. The number of ketones is 2. The molecule has 2 aromatic rings. The summed E-state index contributed by atoms with van der Waals surface area (Å²) < 4.78 is 0. The molecule has 0 saturated heterocycles. The molecule has 0 unspecified atom stereocenters. The molecule has 0 amide bonds. The van der Waals surface area contributed by atoms with E-state index in [4.69, 9.17) is 11.6 Å². The number of fused-ring (bicyclic) bond motifs is 2. The van der Waals surface area contributed by atoms with Crippen LogP contribution in [0.4, 0.5) is 0 Å². The zero-order valence-corrected chi connectivity index (χ0v) is 10.4. The zero-order chi connectivity index (χ0) is 12.9. The Kier molecular flexibility index (Phi) is 2.35. The molecule has 3 heteroatoms. The third-order valence-electron chi connectivity index (χ3n) is 3.29. The molecule has 2 aromatic carbocycles. The average Bonchev–Trinajstić information content (AvgIpc) is 2.39. The van der Waals surface area contributed by atoms with Crippen molar-refractivity contribution in [2.75, 3.05) is 0 Å². The van der Waals surface area contributed by atoms with E-state index in [1.807, 2.05) is 0 Å². The smallest absolute Gasteiger partial charge is 0.194 e. The van der Waals surface area contributed by atoms with Gasteiger partial charge in [-0.15, -0.1) is 0 Å². The molecule has 0 bridgehead atoms. The molecule has 2 nitrogen and oxygen atoms in total. The summed E-state index contributed by atoms with van der Waals surface area (Å²) in [6.45, 7) is 1.76. The highest BCUT2D eigenvalue weighted by Crippen LogP contribution is 2.32. The SMILES string of the molecule is Cc1c(Cl)ccc2c1C(=O)c1ccccc1C2=O. The Labute approximate surface area is 109 Å². The van der Waals surface area contributed by atoms with Crippen LogP contribution in [-0.2, 0) is 0 Å². The highest BCUT2D eigenvalue weighted by molar-refractivity contribution is 6.34. The van der Waals surface area contributed by atoms with Crippen LogP contribution in [0.15, 0.2) is 36.4 Å². The van der Waals surface area contributed by atoms with Crippen LogP contribution in [0.3, 0.4) is 0 Å². The number of benzene rings is 2. The second kappa shape index (κ2) is 3.79. The van der Waals surface area contributed by atoms with Crippen molar-refractivity contribution in [3.05, 3.63) is 69.2 Å². The summed E-state index contributed by atoms with van der Waals surface area (Å²) in [6, 6.07) is 10.2. The number of rotatable bonds is 0. The Balaban J connectivity index is 2.38. The van der Waals surface area contributed by atoms with E-state index in [1.54, 1.807) is 43.3 Å². The second-order valence-electron chi connectivity index (χ2n) is 4.30. The monoisotopic (exact) mass is 256 g/mol. The summed E-state index contributed by atoms with van der Waals surface area (Å²) in [4.78, 5) is 24.7. The summed E-state index contributed by atoms with van der Waals surface area (Å²) in [5.41, 5.74) is 2.48. The lowest BCUT2D eigenvalue weighted by Crippen LogP contribution is -2.21. The van der Waals surface area contributed by atoms with E-state index in [1.165, 1.54) is 0 Å². The fourth-order valence-electron chi connectivity index (χ4n) is 2.33. The molecule has 0 N–H and O–H groups in total. The highest BCUT2D eigenvalue weighted by atomic mass is 35.5. The Morgan fingerprint density at radius 1 is 0.833 bits per heavy atom. The van der Waals surface area contributed by atoms with Gasteiger partial charge in [0, 0.05) is 27.3 Å². The number of carbonyl (C=O) groups excluding carboxylic acids is 2. The number of carbonyl (C=O) groups is 2. The first-order valence-corrected chi connectivity index (χ1v) is 5.96. The maximum atomic E-state index is 12.4. The van der Waals surface area contributed by atoms with Crippen molar-refractivity contribution < 1.29 is 9.59 Å². The first-order valence-electron chi connectivity index (χ1n) is 5.59. The van der Waals surface area contributed by atoms with Gasteiger partial charge in [0.25, 0.3) is 0 Å². The predicted molar refractivity (Wildman–Crippen MR) is 69.5 cm³/mol. The van der Waals surface area contributed by atoms with Gasteiger partial charge in [-0.25, -0.2) is 0 Å². The Morgan fingerprint density at radius 2 is 1.44 bits per heavy atom. The molecule has 0 atom stereocenters. The molecule has 88 valence electrons. The third kappa shape index (κ3) is 1.36. The van der Waals surface area contributed by atoms with Gasteiger partial charge in [0.15, 0.2) is 11.6 Å². The standard InChI is InChI=1S/C15H9ClO2/c1-8-12(16)7-6-11-13(8)15(18)10-5-3-2-4-9(10)14(11)17/h2-7H,1H3. The van der Waals surface area contributed by atoms with E-state index >= 15 is 0 Å². The molecule has 3 rings (SSSR count). The van der Waals surface area contributed by atoms with Crippen LogP contribution >= 0.6 is 11.6 Å². The molecule has 0 fully saturated rings. The van der Waals surface area contributed by atoms with Crippen LogP contribution in [0.2, 0.25) is 5.02 Å². The number of hydrogen-bond acceptors (Lipinski definition) is 2. The average molecular weight is 257 g/mol. The molecular formula is C15H9ClO2. The van der Waals surface area contributed by atoms with Gasteiger partial charge < -0.3 is 0 Å². The summed E-state index contributed by atoms with van der Waals surface area (Å²) >= 11 is 6.02. The van der Waals surface area contributed by atoms with E-state index in [0.717, 1.165) is 0 Å². The summed E-state index contributed by atoms with van der Waals surface area (Å²) in [7, 11) is 0. The maximum absolute atomic E-state index is 12.4. The molecule has 1 aliphatic rings. The minimum atomic E-state index is -0.125. The highest BCUT2D eigenvalue weighted by Gasteiger charge is 2.30. The minimum absolute atomic E-state index is 0.111. The molecule has 18 heavy (non-hydrogen) atoms. The van der Waals surface area contributed by atoms with E-state index in [-0.39, 0.29) is 11.6 Å². The van der Waals surface area contributed by atoms with E-state index in [0.29, 0.717) is 32.8 Å². The molecule has 1 aliphatic carbocycles. The first kappa shape index (κ1) is 11.2. The summed E-state index contributed by atoms with van der Waals surface area (Å²) in [6.07, 6.45) is 0. The van der Waals surface area contributed by atoms with Crippen molar-refractivity contribution in [3.8, 4) is 0 Å². The van der Waals surface area contributed by atoms with Crippen LogP contribution in [0.25, 0.3) is 0 Å². The first-order chi connectivity index (χ1) is 8.61. The van der Waals surface area contributed by atoms with E-state index in [9.17, 15) is 9.59 Å². The fraction of sp³-hybridized carbons (Fsp3) is 0.0667. The maximum Gasteiger partial charge on any atom is 0.194 e. The molecule has 0 aliphatic heterocycles. The topological polar surface area (TPSA) is 34.1 Å². The Hall–Kier alpha value is -1.93. The van der Waals surface area contributed by atoms with Crippen molar-refractivity contribution in [1.29, 1.82) is 0 Å². The summed E-state index contributed by atoms with van der Waals surface area (Å²) in [5, 5.41) is 0.509. The van der Waals surface area contributed by atoms with Crippen LogP contribution in [0.5, 0.6) is 0 Å². The molecule has 0 spiro atoms. The molecule has 0 radical (unpaired) electrons. The molecular weight excluding hydrogens is 248 g/mol. The van der Waals surface area contributed by atoms with Crippen molar-refractivity contribution in [2.45, 2.75) is 6.92 Å². The van der Waals surface area contributed by atoms with Gasteiger partial charge in [0.1, 0.15) is 0 Å². The quantitative estimate of drug-likeness (QED) is 0.618. The largest absolute Gasteiger partial charge is 0.289 e. The predicted octanol–water partition coefficient (Wildman–Crippen LogP) is 3.42. The van der Waals surface area contributed by atoms with Gasteiger partial charge in [-0.2, -0.15) is 0 Å². The lowest BCUT2D eigenvalue weighted by atomic mass is 9.82. The molecule has 0 aromatic heterocycles. The fourth-order valence-corrected chi connectivity index (χ4v) is 2.48. The van der Waals surface area contributed by atoms with Crippen molar-refractivity contribution in [2.24, 2.45) is 0 Å². The Morgan fingerprint density at radius 3 is 2.11 bits per heavy atom. The lowest BCUT2D eigenvalue weighted by molar-refractivity contribution is 0.0978. The van der Waals surface area contributed by atoms with Crippen LogP contribution in [0.1, 0.15) is 37.4 Å². The van der Waals surface area contributed by atoms with Crippen molar-refractivity contribution >= 4 is 23.2 Å². The van der Waals surface area contributed by atoms with Gasteiger partial charge in [-0.1, -0.05) is 35.9 Å². The van der Waals surface area contributed by atoms with Crippen molar-refractivity contribution in [3.63, 3.8) is 0 Å². The minimum Gasteiger partial charge on any atom is -0.289 e. The Bertz CT molecular complexity index is 702. The van der Waals surface area contributed by atoms with Gasteiger partial charge >= 0.3 is 0 Å². The van der Waals surface area contributed by atoms with Gasteiger partial charge in [0.05, 0.1) is 0 Å². The third-order valence-corrected chi connectivity index (χ3v) is 3.70. The van der Waals surface area contributed by atoms with Gasteiger partial charge in [-0.3, -0.25) is 9.59 Å². The van der Waals surface area contributed by atoms with Gasteiger partial charge in [-0.05, 0) is 24.6 Å². The van der Waals surface area contributed by atoms with Gasteiger partial charge in [0.2, 0.25) is 0 Å². The zero-order valence-electron chi connectivity index (χ0n) is 9.66. The summed E-state index contributed by atoms with van der Waals surface area (Å²) in [5.74, 6) is -0.236. The van der Waals surface area contributed by atoms with Crippen LogP contribution in [0, 0.1) is 6.92 Å². The van der Waals surface area contributed by atoms with Crippen molar-refractivity contribution in [1.82, 2.24) is 0 Å². The second-order valence-corrected chi connectivity index (χ2v) is 4.71. The molecule has 0 heterocycles.